The topological polar surface area (TPSA) is 64.8 Å². The van der Waals surface area contributed by atoms with Crippen LogP contribution in [-0.4, -0.2) is 29.3 Å². The predicted octanol–water partition coefficient (Wildman–Crippen LogP) is 3.55. The molecule has 3 rings (SSSR count). The molecule has 1 aromatic carbocycles. The first kappa shape index (κ1) is 17.2. The molecule has 1 aromatic heterocycles. The number of piperidine rings is 1. The summed E-state index contributed by atoms with van der Waals surface area (Å²) in [6.07, 6.45) is 3.82. The summed E-state index contributed by atoms with van der Waals surface area (Å²) in [5.74, 6) is 0.746. The fourth-order valence-corrected chi connectivity index (χ4v) is 3.56. The van der Waals surface area contributed by atoms with Crippen LogP contribution in [0.4, 0.5) is 11.5 Å². The van der Waals surface area contributed by atoms with Crippen LogP contribution < -0.4 is 10.2 Å². The minimum Gasteiger partial charge on any atom is -0.381 e. The van der Waals surface area contributed by atoms with Crippen LogP contribution in [-0.2, 0) is 12.8 Å². The van der Waals surface area contributed by atoms with Gasteiger partial charge in [-0.15, -0.1) is 5.10 Å². The van der Waals surface area contributed by atoms with E-state index in [0.717, 1.165) is 61.5 Å². The van der Waals surface area contributed by atoms with E-state index in [4.69, 9.17) is 0 Å². The number of nitrogens with one attached hydrogen (secondary N) is 1. The summed E-state index contributed by atoms with van der Waals surface area (Å²) >= 11 is 0. The van der Waals surface area contributed by atoms with Gasteiger partial charge in [0.1, 0.15) is 11.6 Å². The van der Waals surface area contributed by atoms with E-state index in [1.54, 1.807) is 0 Å². The van der Waals surface area contributed by atoms with Crippen molar-refractivity contribution in [2.24, 2.45) is 0 Å². The van der Waals surface area contributed by atoms with Crippen LogP contribution in [0.3, 0.4) is 0 Å². The molecule has 25 heavy (non-hydrogen) atoms. The van der Waals surface area contributed by atoms with Crippen molar-refractivity contribution in [1.82, 2.24) is 10.2 Å². The number of hydrogen-bond acceptors (Lipinski definition) is 5. The average Bonchev–Trinajstić information content (AvgIpc) is 2.67. The van der Waals surface area contributed by atoms with Gasteiger partial charge < -0.3 is 10.2 Å². The van der Waals surface area contributed by atoms with Gasteiger partial charge in [0.15, 0.2) is 5.82 Å². The average molecular weight is 335 g/mol. The number of para-hydroxylation sites is 1. The van der Waals surface area contributed by atoms with Gasteiger partial charge in [0, 0.05) is 24.8 Å². The first-order chi connectivity index (χ1) is 12.3. The lowest BCUT2D eigenvalue weighted by atomic mass is 10.0. The molecule has 1 aliphatic heterocycles. The molecule has 5 heteroatoms. The number of nitrogens with zero attached hydrogens (tertiary/aromatic N) is 4. The van der Waals surface area contributed by atoms with Crippen LogP contribution in [0.2, 0.25) is 0 Å². The summed E-state index contributed by atoms with van der Waals surface area (Å²) in [7, 11) is 0. The van der Waals surface area contributed by atoms with E-state index in [-0.39, 0.29) is 0 Å². The minimum absolute atomic E-state index is 0.348. The Morgan fingerprint density at radius 1 is 1.20 bits per heavy atom. The molecular weight excluding hydrogens is 310 g/mol. The highest BCUT2D eigenvalue weighted by atomic mass is 15.3. The van der Waals surface area contributed by atoms with E-state index < -0.39 is 0 Å². The normalized spacial score (nSPS) is 17.2. The van der Waals surface area contributed by atoms with Crippen molar-refractivity contribution in [3.05, 3.63) is 47.2 Å². The Balaban J connectivity index is 1.83. The fraction of sp³-hybridized carbons (Fsp3) is 0.450. The molecule has 1 fully saturated rings. The molecule has 1 atom stereocenters. The van der Waals surface area contributed by atoms with E-state index in [1.165, 1.54) is 0 Å². The second-order valence-electron chi connectivity index (χ2n) is 6.44. The van der Waals surface area contributed by atoms with Crippen LogP contribution >= 0.6 is 0 Å². The van der Waals surface area contributed by atoms with Gasteiger partial charge in [-0.3, -0.25) is 0 Å². The maximum Gasteiger partial charge on any atom is 0.169 e. The van der Waals surface area contributed by atoms with E-state index >= 15 is 0 Å². The fourth-order valence-electron chi connectivity index (χ4n) is 3.56. The van der Waals surface area contributed by atoms with Crippen molar-refractivity contribution in [2.75, 3.05) is 23.3 Å². The lowest BCUT2D eigenvalue weighted by molar-refractivity contribution is 0.524. The standard InChI is InChI=1S/C20H25N5/c1-3-17-18(13-21)20(24-23-19(17)4-2)25-12-8-11-16(14-25)22-15-9-6-5-7-10-15/h5-7,9-10,16,22H,3-4,8,11-12,14H2,1-2H3. The minimum atomic E-state index is 0.348. The zero-order chi connectivity index (χ0) is 17.6. The van der Waals surface area contributed by atoms with Crippen molar-refractivity contribution in [3.8, 4) is 6.07 Å². The number of nitriles is 1. The Kier molecular flexibility index (Phi) is 5.49. The van der Waals surface area contributed by atoms with Gasteiger partial charge in [-0.05, 0) is 43.4 Å². The summed E-state index contributed by atoms with van der Waals surface area (Å²) < 4.78 is 0. The predicted molar refractivity (Wildman–Crippen MR) is 101 cm³/mol. The molecule has 0 saturated carbocycles. The van der Waals surface area contributed by atoms with Crippen molar-refractivity contribution in [1.29, 1.82) is 5.26 Å². The summed E-state index contributed by atoms with van der Waals surface area (Å²) in [5.41, 5.74) is 3.83. The number of benzene rings is 1. The van der Waals surface area contributed by atoms with Crippen LogP contribution in [0, 0.1) is 11.3 Å². The van der Waals surface area contributed by atoms with Crippen molar-refractivity contribution in [3.63, 3.8) is 0 Å². The molecule has 1 aliphatic rings. The van der Waals surface area contributed by atoms with Gasteiger partial charge in [-0.1, -0.05) is 32.0 Å². The molecule has 0 amide bonds. The third-order valence-corrected chi connectivity index (χ3v) is 4.80. The lowest BCUT2D eigenvalue weighted by Gasteiger charge is -2.35. The summed E-state index contributed by atoms with van der Waals surface area (Å²) in [6.45, 7) is 5.90. The van der Waals surface area contributed by atoms with Gasteiger partial charge >= 0.3 is 0 Å². The molecule has 2 heterocycles. The number of aromatic nitrogens is 2. The maximum atomic E-state index is 9.72. The molecule has 0 spiro atoms. The van der Waals surface area contributed by atoms with E-state index in [0.29, 0.717) is 11.6 Å². The number of hydrogen-bond donors (Lipinski definition) is 1. The third kappa shape index (κ3) is 3.74. The number of rotatable bonds is 5. The Bertz CT molecular complexity index is 751. The summed E-state index contributed by atoms with van der Waals surface area (Å²) in [4.78, 5) is 2.22. The SMILES string of the molecule is CCc1nnc(N2CCCC(Nc3ccccc3)C2)c(C#N)c1CC. The lowest BCUT2D eigenvalue weighted by Crippen LogP contribution is -2.43. The molecular formula is C20H25N5. The third-order valence-electron chi connectivity index (χ3n) is 4.80. The van der Waals surface area contributed by atoms with Gasteiger partial charge in [0.25, 0.3) is 0 Å². The van der Waals surface area contributed by atoms with Gasteiger partial charge in [-0.2, -0.15) is 10.4 Å². The van der Waals surface area contributed by atoms with Gasteiger partial charge in [0.2, 0.25) is 0 Å². The maximum absolute atomic E-state index is 9.72. The number of anilines is 2. The molecule has 130 valence electrons. The second-order valence-corrected chi connectivity index (χ2v) is 6.44. The van der Waals surface area contributed by atoms with Crippen molar-refractivity contribution in [2.45, 2.75) is 45.6 Å². The quantitative estimate of drug-likeness (QED) is 0.905. The molecule has 0 radical (unpaired) electrons. The first-order valence-electron chi connectivity index (χ1n) is 9.11. The van der Waals surface area contributed by atoms with Crippen LogP contribution in [0.25, 0.3) is 0 Å². The molecule has 5 nitrogen and oxygen atoms in total. The van der Waals surface area contributed by atoms with Crippen LogP contribution in [0.1, 0.15) is 43.5 Å². The monoisotopic (exact) mass is 335 g/mol. The highest BCUT2D eigenvalue weighted by Gasteiger charge is 2.25. The Morgan fingerprint density at radius 3 is 2.68 bits per heavy atom. The number of aryl methyl sites for hydroxylation is 1. The Morgan fingerprint density at radius 2 is 2.00 bits per heavy atom. The smallest absolute Gasteiger partial charge is 0.169 e. The summed E-state index contributed by atoms with van der Waals surface area (Å²) in [6, 6.07) is 13.0. The van der Waals surface area contributed by atoms with Crippen LogP contribution in [0.5, 0.6) is 0 Å². The largest absolute Gasteiger partial charge is 0.381 e. The van der Waals surface area contributed by atoms with Crippen molar-refractivity contribution >= 4 is 11.5 Å². The van der Waals surface area contributed by atoms with E-state index in [1.807, 2.05) is 18.2 Å². The second kappa shape index (κ2) is 7.98. The van der Waals surface area contributed by atoms with E-state index in [9.17, 15) is 5.26 Å². The zero-order valence-corrected chi connectivity index (χ0v) is 15.0. The molecule has 2 aromatic rings. The van der Waals surface area contributed by atoms with Crippen molar-refractivity contribution < 1.29 is 0 Å². The Labute approximate surface area is 149 Å². The molecule has 1 N–H and O–H groups in total. The molecule has 0 bridgehead atoms. The van der Waals surface area contributed by atoms with Gasteiger partial charge in [-0.25, -0.2) is 0 Å². The first-order valence-corrected chi connectivity index (χ1v) is 9.11. The Hall–Kier alpha value is -2.61. The highest BCUT2D eigenvalue weighted by Crippen LogP contribution is 2.26. The molecule has 1 saturated heterocycles. The molecule has 0 aliphatic carbocycles. The zero-order valence-electron chi connectivity index (χ0n) is 15.0. The highest BCUT2D eigenvalue weighted by molar-refractivity contribution is 5.58. The van der Waals surface area contributed by atoms with E-state index in [2.05, 4.69) is 52.5 Å². The molecule has 1 unspecified atom stereocenters. The van der Waals surface area contributed by atoms with Gasteiger partial charge in [0.05, 0.1) is 5.69 Å². The van der Waals surface area contributed by atoms with Crippen LogP contribution in [0.15, 0.2) is 30.3 Å². The summed E-state index contributed by atoms with van der Waals surface area (Å²) in [5, 5.41) is 22.1.